The van der Waals surface area contributed by atoms with Gasteiger partial charge in [0.25, 0.3) is 15.1 Å². The zero-order chi connectivity index (χ0) is 20.1. The van der Waals surface area contributed by atoms with Crippen LogP contribution in [0.5, 0.6) is 0 Å². The van der Waals surface area contributed by atoms with Crippen LogP contribution < -0.4 is 4.57 Å². The topological polar surface area (TPSA) is 84.5 Å². The predicted octanol–water partition coefficient (Wildman–Crippen LogP) is 3.31. The third-order valence-electron chi connectivity index (χ3n) is 4.00. The lowest BCUT2D eigenvalue weighted by Gasteiger charge is -2.00. The van der Waals surface area contributed by atoms with Crippen LogP contribution in [-0.2, 0) is 31.9 Å². The first-order chi connectivity index (χ1) is 13.3. The number of hydrogen-bond acceptors (Lipinski definition) is 5. The fraction of sp³-hybridized carbons (Fsp3) is 0.200. The smallest absolute Gasteiger partial charge is 0.302 e. The number of nitrogens with zero attached hydrogens (tertiary/aromatic N) is 1. The van der Waals surface area contributed by atoms with E-state index in [4.69, 9.17) is 9.29 Å². The third-order valence-corrected chi connectivity index (χ3v) is 5.83. The number of fused-ring (bicyclic) bond motifs is 1. The lowest BCUT2D eigenvalue weighted by Crippen LogP contribution is -2.37. The lowest BCUT2D eigenvalue weighted by atomic mass is 10.1. The summed E-state index contributed by atoms with van der Waals surface area (Å²) in [6, 6.07) is 15.0. The van der Waals surface area contributed by atoms with Gasteiger partial charge in [-0.15, -0.1) is 0 Å². The molecule has 1 aromatic heterocycles. The first kappa shape index (κ1) is 20.2. The molecule has 6 nitrogen and oxygen atoms in total. The minimum Gasteiger partial charge on any atom is -0.459 e. The van der Waals surface area contributed by atoms with E-state index in [1.807, 2.05) is 36.4 Å². The average Bonchev–Trinajstić information content (AvgIpc) is 2.97. The summed E-state index contributed by atoms with van der Waals surface area (Å²) in [7, 11) is -4.04. The number of carbonyl (C=O) groups is 1. The zero-order valence-corrected chi connectivity index (χ0v) is 16.9. The van der Waals surface area contributed by atoms with Crippen LogP contribution in [0.3, 0.4) is 0 Å². The molecular weight excluding hydrogens is 398 g/mol. The molecule has 0 atom stereocenters. The summed E-state index contributed by atoms with van der Waals surface area (Å²) >= 11 is 1.64. The van der Waals surface area contributed by atoms with E-state index in [1.54, 1.807) is 35.6 Å². The van der Waals surface area contributed by atoms with Crippen molar-refractivity contribution in [2.45, 2.75) is 19.2 Å². The van der Waals surface area contributed by atoms with Crippen molar-refractivity contribution in [3.63, 3.8) is 0 Å². The molecule has 3 rings (SSSR count). The van der Waals surface area contributed by atoms with Crippen molar-refractivity contribution in [2.75, 3.05) is 6.61 Å². The van der Waals surface area contributed by atoms with Crippen LogP contribution in [0.15, 0.2) is 48.5 Å². The van der Waals surface area contributed by atoms with Gasteiger partial charge in [0, 0.05) is 19.1 Å². The summed E-state index contributed by atoms with van der Waals surface area (Å²) < 4.78 is 39.2. The molecule has 146 valence electrons. The van der Waals surface area contributed by atoms with Gasteiger partial charge in [0.05, 0.1) is 0 Å². The normalized spacial score (nSPS) is 11.9. The Morgan fingerprint density at radius 2 is 1.86 bits per heavy atom. The fourth-order valence-electron chi connectivity index (χ4n) is 2.79. The largest absolute Gasteiger partial charge is 0.459 e. The van der Waals surface area contributed by atoms with Gasteiger partial charge in [-0.1, -0.05) is 47.7 Å². The Kier molecular flexibility index (Phi) is 6.23. The Morgan fingerprint density at radius 3 is 2.54 bits per heavy atom. The number of rotatable bonds is 7. The number of para-hydroxylation sites is 1. The number of hydrogen-bond donors (Lipinski definition) is 1. The molecule has 2 aromatic carbocycles. The van der Waals surface area contributed by atoms with Crippen molar-refractivity contribution in [2.24, 2.45) is 0 Å². The van der Waals surface area contributed by atoms with Crippen LogP contribution in [-0.4, -0.2) is 25.5 Å². The average molecular weight is 419 g/mol. The lowest BCUT2D eigenvalue weighted by molar-refractivity contribution is -0.669. The van der Waals surface area contributed by atoms with Gasteiger partial charge in [0.15, 0.2) is 13.2 Å². The Hall–Kier alpha value is -2.55. The molecule has 0 saturated heterocycles. The van der Waals surface area contributed by atoms with E-state index in [2.05, 4.69) is 4.57 Å². The van der Waals surface area contributed by atoms with Crippen LogP contribution in [0.2, 0.25) is 0 Å². The number of esters is 1. The molecule has 1 heterocycles. The maximum Gasteiger partial charge on any atom is 0.302 e. The first-order valence-electron chi connectivity index (χ1n) is 8.59. The van der Waals surface area contributed by atoms with Gasteiger partial charge in [-0.05, 0) is 23.3 Å². The molecule has 0 bridgehead atoms. The zero-order valence-electron chi connectivity index (χ0n) is 15.2. The maximum absolute atomic E-state index is 11.0. The highest BCUT2D eigenvalue weighted by Gasteiger charge is 2.18. The number of carbonyl (C=O) groups excluding carboxylic acids is 1. The summed E-state index contributed by atoms with van der Waals surface area (Å²) in [5.41, 5.74) is 2.50. The standard InChI is InChI=1S/C20H19NO5S2/c1-15(22)26-13-12-21-18-4-2-3-5-19(18)27-20(21)11-10-16-6-8-17(9-7-16)14-28(23,24)25/h2-11H,12-14H2,1H3/p+1. The van der Waals surface area contributed by atoms with Crippen LogP contribution >= 0.6 is 11.3 Å². The predicted molar refractivity (Wildman–Crippen MR) is 109 cm³/mol. The molecular formula is C20H20NO5S2+. The molecule has 0 spiro atoms. The van der Waals surface area contributed by atoms with Gasteiger partial charge in [0.1, 0.15) is 10.5 Å². The van der Waals surface area contributed by atoms with Crippen LogP contribution in [0.25, 0.3) is 22.4 Å². The quantitative estimate of drug-likeness (QED) is 0.362. The van der Waals surface area contributed by atoms with E-state index in [1.165, 1.54) is 6.92 Å². The van der Waals surface area contributed by atoms with Crippen molar-refractivity contribution in [3.05, 3.63) is 64.7 Å². The fourth-order valence-corrected chi connectivity index (χ4v) is 4.50. The van der Waals surface area contributed by atoms with Crippen molar-refractivity contribution in [1.82, 2.24) is 0 Å². The molecule has 0 aliphatic heterocycles. The molecule has 0 saturated carbocycles. The van der Waals surface area contributed by atoms with Gasteiger partial charge in [-0.2, -0.15) is 13.0 Å². The van der Waals surface area contributed by atoms with Crippen molar-refractivity contribution < 1.29 is 27.1 Å². The molecule has 0 radical (unpaired) electrons. The van der Waals surface area contributed by atoms with E-state index in [-0.39, 0.29) is 5.97 Å². The van der Waals surface area contributed by atoms with E-state index in [9.17, 15) is 13.2 Å². The monoisotopic (exact) mass is 418 g/mol. The molecule has 0 fully saturated rings. The van der Waals surface area contributed by atoms with Gasteiger partial charge in [-0.3, -0.25) is 9.35 Å². The maximum atomic E-state index is 11.0. The minimum absolute atomic E-state index is 0.298. The van der Waals surface area contributed by atoms with Gasteiger partial charge in [-0.25, -0.2) is 0 Å². The molecule has 0 amide bonds. The Labute approximate surface area is 167 Å². The minimum atomic E-state index is -4.04. The highest BCUT2D eigenvalue weighted by molar-refractivity contribution is 7.85. The van der Waals surface area contributed by atoms with E-state index in [0.717, 1.165) is 20.8 Å². The number of aromatic nitrogens is 1. The molecule has 8 heteroatoms. The van der Waals surface area contributed by atoms with E-state index >= 15 is 0 Å². The molecule has 28 heavy (non-hydrogen) atoms. The molecule has 0 aliphatic carbocycles. The molecule has 1 N–H and O–H groups in total. The number of ether oxygens (including phenoxy) is 1. The van der Waals surface area contributed by atoms with Gasteiger partial charge < -0.3 is 4.74 Å². The van der Waals surface area contributed by atoms with Crippen molar-refractivity contribution in [1.29, 1.82) is 0 Å². The first-order valence-corrected chi connectivity index (χ1v) is 11.0. The highest BCUT2D eigenvalue weighted by Crippen LogP contribution is 2.22. The summed E-state index contributed by atoms with van der Waals surface area (Å²) in [5, 5.41) is 1.01. The summed E-state index contributed by atoms with van der Waals surface area (Å²) in [6.45, 7) is 2.24. The highest BCUT2D eigenvalue weighted by atomic mass is 32.2. The van der Waals surface area contributed by atoms with Crippen LogP contribution in [0.1, 0.15) is 23.1 Å². The second-order valence-electron chi connectivity index (χ2n) is 6.20. The number of benzene rings is 2. The Balaban J connectivity index is 1.83. The number of thiazole rings is 1. The molecule has 0 unspecified atom stereocenters. The SMILES string of the molecule is CC(=O)OCC[n+]1c(C=Cc2ccc(CS(=O)(=O)O)cc2)sc2ccccc21. The van der Waals surface area contributed by atoms with E-state index in [0.29, 0.717) is 18.7 Å². The Morgan fingerprint density at radius 1 is 1.14 bits per heavy atom. The second-order valence-corrected chi connectivity index (χ2v) is 8.72. The van der Waals surface area contributed by atoms with Crippen LogP contribution in [0, 0.1) is 0 Å². The Bertz CT molecular complexity index is 1120. The summed E-state index contributed by atoms with van der Waals surface area (Å²) in [4.78, 5) is 11.0. The van der Waals surface area contributed by atoms with Crippen molar-refractivity contribution >= 4 is 49.8 Å². The molecule has 0 aliphatic rings. The summed E-state index contributed by atoms with van der Waals surface area (Å²) in [5.74, 6) is -0.703. The van der Waals surface area contributed by atoms with Gasteiger partial charge >= 0.3 is 5.97 Å². The van der Waals surface area contributed by atoms with Gasteiger partial charge in [0.2, 0.25) is 5.52 Å². The summed E-state index contributed by atoms with van der Waals surface area (Å²) in [6.07, 6.45) is 3.92. The van der Waals surface area contributed by atoms with Crippen LogP contribution in [0.4, 0.5) is 0 Å². The van der Waals surface area contributed by atoms with Crippen molar-refractivity contribution in [3.8, 4) is 0 Å². The van der Waals surface area contributed by atoms with E-state index < -0.39 is 15.9 Å². The second kappa shape index (κ2) is 8.64. The third kappa shape index (κ3) is 5.48. The molecule has 3 aromatic rings.